The molecule has 4 rings (SSSR count). The van der Waals surface area contributed by atoms with Crippen LogP contribution in [0.15, 0.2) is 53.4 Å². The van der Waals surface area contributed by atoms with E-state index in [4.69, 9.17) is 9.47 Å². The maximum atomic E-state index is 12.5. The van der Waals surface area contributed by atoms with Crippen molar-refractivity contribution in [3.8, 4) is 11.5 Å². The first-order chi connectivity index (χ1) is 15.9. The maximum Gasteiger partial charge on any atom is 0.240 e. The molecule has 0 aromatic heterocycles. The summed E-state index contributed by atoms with van der Waals surface area (Å²) >= 11 is 0. The summed E-state index contributed by atoms with van der Waals surface area (Å²) < 4.78 is 39.4. The number of amides is 1. The molecule has 33 heavy (non-hydrogen) atoms. The molecule has 2 aromatic rings. The van der Waals surface area contributed by atoms with E-state index in [0.717, 1.165) is 30.7 Å². The summed E-state index contributed by atoms with van der Waals surface area (Å²) in [5.74, 6) is 1.50. The van der Waals surface area contributed by atoms with Gasteiger partial charge in [-0.1, -0.05) is 29.8 Å². The average molecular weight is 474 g/mol. The van der Waals surface area contributed by atoms with Gasteiger partial charge in [0, 0.05) is 13.1 Å². The van der Waals surface area contributed by atoms with Crippen LogP contribution in [0.1, 0.15) is 18.4 Å². The van der Waals surface area contributed by atoms with E-state index in [0.29, 0.717) is 32.0 Å². The molecule has 2 aromatic carbocycles. The number of aryl methyl sites for hydroxylation is 1. The Bertz CT molecular complexity index is 1060. The standard InChI is InChI=1S/C24H31N3O5S/c1-18-8-10-21(11-9-18)33(29,30)26-13-19-5-4-12-27(15-19)16-24(28)25-14-20-17-31-22-6-2-3-7-23(22)32-20/h2-3,6-11,19-20,26H,4-5,12-17H2,1H3,(H,25,28). The molecular formula is C24H31N3O5S. The minimum Gasteiger partial charge on any atom is -0.486 e. The molecule has 2 heterocycles. The van der Waals surface area contributed by atoms with Crippen LogP contribution in [0, 0.1) is 12.8 Å². The van der Waals surface area contributed by atoms with Crippen LogP contribution in [0.25, 0.3) is 0 Å². The quantitative estimate of drug-likeness (QED) is 0.608. The molecule has 2 aliphatic rings. The van der Waals surface area contributed by atoms with Crippen molar-refractivity contribution in [1.29, 1.82) is 0 Å². The zero-order valence-electron chi connectivity index (χ0n) is 18.8. The van der Waals surface area contributed by atoms with Crippen LogP contribution >= 0.6 is 0 Å². The molecule has 0 radical (unpaired) electrons. The second-order valence-corrected chi connectivity index (χ2v) is 10.5. The zero-order chi connectivity index (χ0) is 23.3. The lowest BCUT2D eigenvalue weighted by molar-refractivity contribution is -0.123. The number of hydrogen-bond donors (Lipinski definition) is 2. The Morgan fingerprint density at radius 1 is 1.09 bits per heavy atom. The first-order valence-corrected chi connectivity index (χ1v) is 12.8. The number of nitrogens with zero attached hydrogens (tertiary/aromatic N) is 1. The summed E-state index contributed by atoms with van der Waals surface area (Å²) in [6.45, 7) is 4.84. The highest BCUT2D eigenvalue weighted by Gasteiger charge is 2.25. The fourth-order valence-corrected chi connectivity index (χ4v) is 5.26. The average Bonchev–Trinajstić information content (AvgIpc) is 2.82. The van der Waals surface area contributed by atoms with Crippen molar-refractivity contribution >= 4 is 15.9 Å². The van der Waals surface area contributed by atoms with Gasteiger partial charge in [-0.25, -0.2) is 13.1 Å². The summed E-state index contributed by atoms with van der Waals surface area (Å²) in [5, 5.41) is 2.93. The predicted molar refractivity (Wildman–Crippen MR) is 125 cm³/mol. The van der Waals surface area contributed by atoms with E-state index >= 15 is 0 Å². The predicted octanol–water partition coefficient (Wildman–Crippen LogP) is 1.94. The van der Waals surface area contributed by atoms with Gasteiger partial charge in [0.2, 0.25) is 15.9 Å². The van der Waals surface area contributed by atoms with Gasteiger partial charge in [0.15, 0.2) is 11.5 Å². The Balaban J connectivity index is 1.20. The minimum atomic E-state index is -3.53. The molecule has 2 N–H and O–H groups in total. The van der Waals surface area contributed by atoms with Gasteiger partial charge in [-0.05, 0) is 56.5 Å². The van der Waals surface area contributed by atoms with Gasteiger partial charge < -0.3 is 14.8 Å². The van der Waals surface area contributed by atoms with Crippen molar-refractivity contribution in [2.75, 3.05) is 39.3 Å². The normalized spacial score (nSPS) is 20.9. The number of likely N-dealkylation sites (tertiary alicyclic amines) is 1. The van der Waals surface area contributed by atoms with Crippen LogP contribution < -0.4 is 19.5 Å². The van der Waals surface area contributed by atoms with Crippen molar-refractivity contribution in [2.45, 2.75) is 30.8 Å². The molecule has 1 saturated heterocycles. The van der Waals surface area contributed by atoms with E-state index in [-0.39, 0.29) is 29.4 Å². The van der Waals surface area contributed by atoms with E-state index in [1.54, 1.807) is 24.3 Å². The van der Waals surface area contributed by atoms with Gasteiger partial charge >= 0.3 is 0 Å². The van der Waals surface area contributed by atoms with Crippen molar-refractivity contribution in [3.63, 3.8) is 0 Å². The summed E-state index contributed by atoms with van der Waals surface area (Å²) in [6, 6.07) is 14.3. The number of ether oxygens (including phenoxy) is 2. The molecule has 2 aliphatic heterocycles. The molecular weight excluding hydrogens is 442 g/mol. The van der Waals surface area contributed by atoms with Gasteiger partial charge in [0.1, 0.15) is 12.7 Å². The lowest BCUT2D eigenvalue weighted by Crippen LogP contribution is -2.47. The third kappa shape index (κ3) is 6.46. The van der Waals surface area contributed by atoms with Crippen LogP contribution in [0.4, 0.5) is 0 Å². The van der Waals surface area contributed by atoms with Crippen molar-refractivity contribution in [2.24, 2.45) is 5.92 Å². The zero-order valence-corrected chi connectivity index (χ0v) is 19.6. The molecule has 0 spiro atoms. The second kappa shape index (κ2) is 10.5. The van der Waals surface area contributed by atoms with E-state index in [1.165, 1.54) is 0 Å². The van der Waals surface area contributed by atoms with Gasteiger partial charge in [0.05, 0.1) is 18.0 Å². The Morgan fingerprint density at radius 3 is 2.64 bits per heavy atom. The van der Waals surface area contributed by atoms with Crippen LogP contribution in [0.5, 0.6) is 11.5 Å². The smallest absolute Gasteiger partial charge is 0.240 e. The number of carbonyl (C=O) groups is 1. The Kier molecular flexibility index (Phi) is 7.52. The van der Waals surface area contributed by atoms with Crippen molar-refractivity contribution < 1.29 is 22.7 Å². The molecule has 178 valence electrons. The monoisotopic (exact) mass is 473 g/mol. The van der Waals surface area contributed by atoms with Crippen molar-refractivity contribution in [3.05, 3.63) is 54.1 Å². The second-order valence-electron chi connectivity index (χ2n) is 8.71. The number of sulfonamides is 1. The summed E-state index contributed by atoms with van der Waals surface area (Å²) in [6.07, 6.45) is 1.64. The largest absolute Gasteiger partial charge is 0.486 e. The fraction of sp³-hybridized carbons (Fsp3) is 0.458. The molecule has 2 atom stereocenters. The van der Waals surface area contributed by atoms with Crippen LogP contribution in [-0.2, 0) is 14.8 Å². The third-order valence-electron chi connectivity index (χ3n) is 5.96. The Hall–Kier alpha value is -2.62. The summed E-state index contributed by atoms with van der Waals surface area (Å²) in [5.41, 5.74) is 1.02. The molecule has 0 bridgehead atoms. The van der Waals surface area contributed by atoms with E-state index in [9.17, 15) is 13.2 Å². The lowest BCUT2D eigenvalue weighted by atomic mass is 9.98. The third-order valence-corrected chi connectivity index (χ3v) is 7.40. The molecule has 0 aliphatic carbocycles. The van der Waals surface area contributed by atoms with E-state index in [1.807, 2.05) is 31.2 Å². The molecule has 9 heteroatoms. The lowest BCUT2D eigenvalue weighted by Gasteiger charge is -2.32. The highest BCUT2D eigenvalue weighted by molar-refractivity contribution is 7.89. The molecule has 2 unspecified atom stereocenters. The highest BCUT2D eigenvalue weighted by Crippen LogP contribution is 2.30. The number of para-hydroxylation sites is 2. The minimum absolute atomic E-state index is 0.0710. The van der Waals surface area contributed by atoms with Crippen LogP contribution in [0.3, 0.4) is 0 Å². The Morgan fingerprint density at radius 2 is 1.85 bits per heavy atom. The molecule has 1 amide bonds. The number of carbonyl (C=O) groups excluding carboxylic acids is 1. The van der Waals surface area contributed by atoms with Gasteiger partial charge in [-0.15, -0.1) is 0 Å². The van der Waals surface area contributed by atoms with E-state index < -0.39 is 10.0 Å². The highest BCUT2D eigenvalue weighted by atomic mass is 32.2. The van der Waals surface area contributed by atoms with Gasteiger partial charge in [0.25, 0.3) is 0 Å². The number of rotatable bonds is 8. The Labute approximate surface area is 195 Å². The summed E-state index contributed by atoms with van der Waals surface area (Å²) in [7, 11) is -3.53. The SMILES string of the molecule is Cc1ccc(S(=O)(=O)NCC2CCCN(CC(=O)NCC3COc4ccccc4O3)C2)cc1. The number of benzene rings is 2. The number of piperidine rings is 1. The van der Waals surface area contributed by atoms with Gasteiger partial charge in [-0.2, -0.15) is 0 Å². The first kappa shape index (κ1) is 23.5. The first-order valence-electron chi connectivity index (χ1n) is 11.3. The maximum absolute atomic E-state index is 12.5. The van der Waals surface area contributed by atoms with E-state index in [2.05, 4.69) is 14.9 Å². The van der Waals surface area contributed by atoms with Gasteiger partial charge in [-0.3, -0.25) is 9.69 Å². The number of nitrogens with one attached hydrogen (secondary N) is 2. The molecule has 8 nitrogen and oxygen atoms in total. The van der Waals surface area contributed by atoms with Crippen LogP contribution in [-0.4, -0.2) is 64.7 Å². The van der Waals surface area contributed by atoms with Crippen LogP contribution in [0.2, 0.25) is 0 Å². The number of hydrogen-bond acceptors (Lipinski definition) is 6. The van der Waals surface area contributed by atoms with Crippen molar-refractivity contribution in [1.82, 2.24) is 14.9 Å². The topological polar surface area (TPSA) is 97.0 Å². The molecule has 0 saturated carbocycles. The fourth-order valence-electron chi connectivity index (χ4n) is 4.14. The summed E-state index contributed by atoms with van der Waals surface area (Å²) in [4.78, 5) is 14.8. The number of fused-ring (bicyclic) bond motifs is 1. The molecule has 1 fully saturated rings.